The zero-order chi connectivity index (χ0) is 41.2. The first-order valence-electron chi connectivity index (χ1n) is 21.3. The summed E-state index contributed by atoms with van der Waals surface area (Å²) in [5, 5.41) is 2.43. The summed E-state index contributed by atoms with van der Waals surface area (Å²) in [4.78, 5) is 2.41. The molecular weight excluding hydrogens is 749 g/mol. The van der Waals surface area contributed by atoms with Crippen LogP contribution in [0, 0.1) is 0 Å². The van der Waals surface area contributed by atoms with E-state index in [0.717, 1.165) is 28.3 Å². The monoisotopic (exact) mass is 790 g/mol. The van der Waals surface area contributed by atoms with Crippen LogP contribution in [0.3, 0.4) is 0 Å². The number of fused-ring (bicyclic) bond motifs is 3. The number of anilines is 3. The smallest absolute Gasteiger partial charge is 0.0561 e. The van der Waals surface area contributed by atoms with Gasteiger partial charge in [0, 0.05) is 33.5 Å². The zero-order valence-corrected chi connectivity index (χ0v) is 34.1. The molecule has 0 N–H and O–H groups in total. The number of hydrogen-bond acceptors (Lipinski definition) is 1. The van der Waals surface area contributed by atoms with Crippen molar-refractivity contribution >= 4 is 38.9 Å². The van der Waals surface area contributed by atoms with E-state index in [1.165, 1.54) is 71.9 Å². The highest BCUT2D eigenvalue weighted by atomic mass is 15.1. The van der Waals surface area contributed by atoms with Gasteiger partial charge in [-0.3, -0.25) is 0 Å². The van der Waals surface area contributed by atoms with Gasteiger partial charge in [-0.05, 0) is 110 Å². The van der Waals surface area contributed by atoms with Crippen LogP contribution in [0.4, 0.5) is 17.1 Å². The first kappa shape index (κ1) is 36.8. The molecule has 0 bridgehead atoms. The fraction of sp³-hybridized carbons (Fsp3) is 0. The number of rotatable bonds is 9. The van der Waals surface area contributed by atoms with Crippen LogP contribution in [-0.2, 0) is 0 Å². The molecular formula is C60H42N2. The minimum Gasteiger partial charge on any atom is -0.310 e. The summed E-state index contributed by atoms with van der Waals surface area (Å²) in [5.41, 5.74) is 18.6. The Morgan fingerprint density at radius 1 is 0.242 bits per heavy atom. The quantitative estimate of drug-likeness (QED) is 0.141. The molecule has 0 atom stereocenters. The number of nitrogens with zero attached hydrogens (tertiary/aromatic N) is 2. The van der Waals surface area contributed by atoms with Crippen molar-refractivity contribution in [2.45, 2.75) is 0 Å². The van der Waals surface area contributed by atoms with Gasteiger partial charge in [-0.15, -0.1) is 0 Å². The summed E-state index contributed by atoms with van der Waals surface area (Å²) >= 11 is 0. The molecule has 0 saturated carbocycles. The molecule has 0 unspecified atom stereocenters. The van der Waals surface area contributed by atoms with Gasteiger partial charge in [0.1, 0.15) is 0 Å². The highest BCUT2D eigenvalue weighted by molar-refractivity contribution is 6.10. The normalized spacial score (nSPS) is 11.2. The van der Waals surface area contributed by atoms with Gasteiger partial charge in [-0.25, -0.2) is 0 Å². The maximum absolute atomic E-state index is 2.44. The summed E-state index contributed by atoms with van der Waals surface area (Å²) < 4.78 is 2.44. The van der Waals surface area contributed by atoms with Crippen LogP contribution >= 0.6 is 0 Å². The fourth-order valence-electron chi connectivity index (χ4n) is 9.07. The first-order valence-corrected chi connectivity index (χ1v) is 21.3. The molecule has 11 aromatic rings. The molecule has 0 aliphatic rings. The standard InChI is InChI=1S/C60H42N2/c1-5-18-43(19-6-1)44-32-34-49(35-33-44)61(51-36-38-55(46-22-9-3-10-23-46)58(41-51)47-24-11-4-12-25-47)52-37-39-57-56-30-15-16-31-59(56)62(60(57)42-52)50-27-17-26-48(40-50)54-29-14-13-28-53(54)45-20-7-2-8-21-45/h1-42H. The number of hydrogen-bond donors (Lipinski definition) is 0. The van der Waals surface area contributed by atoms with Gasteiger partial charge in [0.2, 0.25) is 0 Å². The largest absolute Gasteiger partial charge is 0.310 e. The Morgan fingerprint density at radius 3 is 1.35 bits per heavy atom. The molecule has 11 rings (SSSR count). The molecule has 0 saturated heterocycles. The highest BCUT2D eigenvalue weighted by Crippen LogP contribution is 2.44. The van der Waals surface area contributed by atoms with E-state index in [4.69, 9.17) is 0 Å². The van der Waals surface area contributed by atoms with E-state index in [0.29, 0.717) is 0 Å². The van der Waals surface area contributed by atoms with Crippen LogP contribution in [0.5, 0.6) is 0 Å². The van der Waals surface area contributed by atoms with Crippen LogP contribution in [0.15, 0.2) is 255 Å². The third-order valence-electron chi connectivity index (χ3n) is 12.0. The number of para-hydroxylation sites is 1. The second-order valence-electron chi connectivity index (χ2n) is 15.7. The van der Waals surface area contributed by atoms with Gasteiger partial charge in [0.05, 0.1) is 11.0 Å². The molecule has 292 valence electrons. The predicted octanol–water partition coefficient (Wildman–Crippen LogP) is 16.6. The van der Waals surface area contributed by atoms with Crippen molar-refractivity contribution in [1.29, 1.82) is 0 Å². The van der Waals surface area contributed by atoms with Crippen molar-refractivity contribution in [2.75, 3.05) is 4.90 Å². The Balaban J connectivity index is 1.11. The predicted molar refractivity (Wildman–Crippen MR) is 263 cm³/mol. The summed E-state index contributed by atoms with van der Waals surface area (Å²) in [6.07, 6.45) is 0. The molecule has 0 aliphatic heterocycles. The molecule has 0 radical (unpaired) electrons. The highest BCUT2D eigenvalue weighted by Gasteiger charge is 2.20. The van der Waals surface area contributed by atoms with Gasteiger partial charge >= 0.3 is 0 Å². The Morgan fingerprint density at radius 2 is 0.694 bits per heavy atom. The van der Waals surface area contributed by atoms with E-state index in [9.17, 15) is 0 Å². The molecule has 2 nitrogen and oxygen atoms in total. The third-order valence-corrected chi connectivity index (χ3v) is 12.0. The molecule has 2 heteroatoms. The van der Waals surface area contributed by atoms with E-state index in [-0.39, 0.29) is 0 Å². The summed E-state index contributed by atoms with van der Waals surface area (Å²) in [6, 6.07) is 92.1. The average Bonchev–Trinajstić information content (AvgIpc) is 3.69. The van der Waals surface area contributed by atoms with E-state index in [2.05, 4.69) is 264 Å². The van der Waals surface area contributed by atoms with E-state index in [1.807, 2.05) is 0 Å². The number of benzene rings is 10. The van der Waals surface area contributed by atoms with Crippen molar-refractivity contribution in [1.82, 2.24) is 4.57 Å². The summed E-state index contributed by atoms with van der Waals surface area (Å²) in [7, 11) is 0. The third kappa shape index (κ3) is 6.84. The molecule has 0 fully saturated rings. The molecule has 0 amide bonds. The van der Waals surface area contributed by atoms with Gasteiger partial charge in [0.25, 0.3) is 0 Å². The second kappa shape index (κ2) is 16.1. The Bertz CT molecular complexity index is 3310. The summed E-state index contributed by atoms with van der Waals surface area (Å²) in [6.45, 7) is 0. The van der Waals surface area contributed by atoms with Gasteiger partial charge in [-0.2, -0.15) is 0 Å². The SMILES string of the molecule is c1ccc(-c2ccc(N(c3ccc(-c4ccccc4)c(-c4ccccc4)c3)c3ccc4c5ccccc5n(-c5cccc(-c6ccccc6-c6ccccc6)c5)c4c3)cc2)cc1. The van der Waals surface area contributed by atoms with Crippen molar-refractivity contribution < 1.29 is 0 Å². The van der Waals surface area contributed by atoms with Gasteiger partial charge in [0.15, 0.2) is 0 Å². The van der Waals surface area contributed by atoms with Crippen LogP contribution in [-0.4, -0.2) is 4.57 Å². The topological polar surface area (TPSA) is 8.17 Å². The second-order valence-corrected chi connectivity index (χ2v) is 15.7. The molecule has 0 spiro atoms. The molecule has 1 aromatic heterocycles. The van der Waals surface area contributed by atoms with Crippen LogP contribution in [0.1, 0.15) is 0 Å². The van der Waals surface area contributed by atoms with Gasteiger partial charge in [-0.1, -0.05) is 200 Å². The molecule has 62 heavy (non-hydrogen) atoms. The van der Waals surface area contributed by atoms with Crippen LogP contribution in [0.2, 0.25) is 0 Å². The fourth-order valence-corrected chi connectivity index (χ4v) is 9.07. The Labute approximate surface area is 362 Å². The van der Waals surface area contributed by atoms with E-state index in [1.54, 1.807) is 0 Å². The lowest BCUT2D eigenvalue weighted by Gasteiger charge is -2.27. The molecule has 10 aromatic carbocycles. The summed E-state index contributed by atoms with van der Waals surface area (Å²) in [5.74, 6) is 0. The van der Waals surface area contributed by atoms with Crippen molar-refractivity contribution in [2.24, 2.45) is 0 Å². The van der Waals surface area contributed by atoms with Crippen molar-refractivity contribution in [3.05, 3.63) is 255 Å². The van der Waals surface area contributed by atoms with Crippen LogP contribution in [0.25, 0.3) is 83.1 Å². The first-order chi connectivity index (χ1) is 30.8. The van der Waals surface area contributed by atoms with E-state index >= 15 is 0 Å². The average molecular weight is 791 g/mol. The molecule has 0 aliphatic carbocycles. The lowest BCUT2D eigenvalue weighted by atomic mass is 9.93. The van der Waals surface area contributed by atoms with E-state index < -0.39 is 0 Å². The van der Waals surface area contributed by atoms with Crippen molar-refractivity contribution in [3.63, 3.8) is 0 Å². The van der Waals surface area contributed by atoms with Gasteiger partial charge < -0.3 is 9.47 Å². The molecule has 1 heterocycles. The maximum atomic E-state index is 2.44. The number of aromatic nitrogens is 1. The lowest BCUT2D eigenvalue weighted by Crippen LogP contribution is -2.10. The Kier molecular flexibility index (Phi) is 9.57. The Hall–Kier alpha value is -8.20. The van der Waals surface area contributed by atoms with Crippen molar-refractivity contribution in [3.8, 4) is 61.3 Å². The zero-order valence-electron chi connectivity index (χ0n) is 34.1. The van der Waals surface area contributed by atoms with Crippen LogP contribution < -0.4 is 4.90 Å². The minimum atomic E-state index is 1.08. The maximum Gasteiger partial charge on any atom is 0.0561 e. The minimum absolute atomic E-state index is 1.08. The lowest BCUT2D eigenvalue weighted by molar-refractivity contribution is 1.18.